The smallest absolute Gasteiger partial charge is 0.126 e. The standard InChI is InChI=1S/C15H17FN2/c1-11-10-13(3-4-14(11)16)15(17)5-2-12-6-8-18-9-7-12/h3-4,6-10,15H,2,5,17H2,1H3. The number of nitrogens with two attached hydrogens (primary N) is 1. The molecule has 0 aliphatic heterocycles. The lowest BCUT2D eigenvalue weighted by molar-refractivity contribution is 0.610. The van der Waals surface area contributed by atoms with Crippen molar-refractivity contribution in [2.75, 3.05) is 0 Å². The van der Waals surface area contributed by atoms with Gasteiger partial charge in [-0.05, 0) is 54.7 Å². The second kappa shape index (κ2) is 5.74. The van der Waals surface area contributed by atoms with Gasteiger partial charge in [0.25, 0.3) is 0 Å². The fourth-order valence-corrected chi connectivity index (χ4v) is 1.94. The van der Waals surface area contributed by atoms with E-state index in [4.69, 9.17) is 5.73 Å². The van der Waals surface area contributed by atoms with E-state index >= 15 is 0 Å². The van der Waals surface area contributed by atoms with Crippen LogP contribution in [0.1, 0.15) is 29.2 Å². The first-order valence-corrected chi connectivity index (χ1v) is 6.07. The summed E-state index contributed by atoms with van der Waals surface area (Å²) in [4.78, 5) is 3.98. The predicted molar refractivity (Wildman–Crippen MR) is 70.6 cm³/mol. The molecule has 0 fully saturated rings. The number of hydrogen-bond donors (Lipinski definition) is 1. The molecule has 3 heteroatoms. The van der Waals surface area contributed by atoms with Crippen LogP contribution in [0.2, 0.25) is 0 Å². The van der Waals surface area contributed by atoms with Gasteiger partial charge < -0.3 is 5.73 Å². The molecular formula is C15H17FN2. The Hall–Kier alpha value is -1.74. The molecule has 1 atom stereocenters. The van der Waals surface area contributed by atoms with Crippen LogP contribution in [-0.4, -0.2) is 4.98 Å². The zero-order valence-corrected chi connectivity index (χ0v) is 10.4. The third-order valence-electron chi connectivity index (χ3n) is 3.10. The molecule has 0 aliphatic rings. The van der Waals surface area contributed by atoms with Gasteiger partial charge in [-0.15, -0.1) is 0 Å². The summed E-state index contributed by atoms with van der Waals surface area (Å²) in [5.74, 6) is -0.180. The highest BCUT2D eigenvalue weighted by Gasteiger charge is 2.08. The summed E-state index contributed by atoms with van der Waals surface area (Å²) in [6.45, 7) is 1.76. The predicted octanol–water partition coefficient (Wildman–Crippen LogP) is 3.16. The maximum absolute atomic E-state index is 13.2. The summed E-state index contributed by atoms with van der Waals surface area (Å²) in [6.07, 6.45) is 5.31. The molecule has 2 nitrogen and oxygen atoms in total. The van der Waals surface area contributed by atoms with E-state index in [1.165, 1.54) is 11.6 Å². The number of hydrogen-bond acceptors (Lipinski definition) is 2. The first-order chi connectivity index (χ1) is 8.66. The molecule has 0 saturated heterocycles. The van der Waals surface area contributed by atoms with Gasteiger partial charge in [0.2, 0.25) is 0 Å². The minimum atomic E-state index is -0.180. The van der Waals surface area contributed by atoms with Crippen LogP contribution in [0.15, 0.2) is 42.7 Å². The number of aromatic nitrogens is 1. The van der Waals surface area contributed by atoms with Crippen molar-refractivity contribution in [2.24, 2.45) is 5.73 Å². The van der Waals surface area contributed by atoms with Gasteiger partial charge in [0.05, 0.1) is 0 Å². The Morgan fingerprint density at radius 2 is 1.94 bits per heavy atom. The normalized spacial score (nSPS) is 12.4. The van der Waals surface area contributed by atoms with Crippen molar-refractivity contribution < 1.29 is 4.39 Å². The van der Waals surface area contributed by atoms with E-state index in [1.54, 1.807) is 25.4 Å². The first-order valence-electron chi connectivity index (χ1n) is 6.07. The van der Waals surface area contributed by atoms with Crippen LogP contribution in [-0.2, 0) is 6.42 Å². The third-order valence-corrected chi connectivity index (χ3v) is 3.10. The number of halogens is 1. The molecule has 1 aromatic carbocycles. The fourth-order valence-electron chi connectivity index (χ4n) is 1.94. The van der Waals surface area contributed by atoms with Crippen molar-refractivity contribution in [1.29, 1.82) is 0 Å². The molecule has 0 bridgehead atoms. The number of aryl methyl sites for hydroxylation is 2. The molecule has 1 aromatic heterocycles. The molecule has 2 N–H and O–H groups in total. The Morgan fingerprint density at radius 1 is 1.22 bits per heavy atom. The van der Waals surface area contributed by atoms with Crippen LogP contribution in [0, 0.1) is 12.7 Å². The molecule has 0 spiro atoms. The first kappa shape index (κ1) is 12.7. The van der Waals surface area contributed by atoms with Gasteiger partial charge in [-0.25, -0.2) is 4.39 Å². The van der Waals surface area contributed by atoms with Crippen LogP contribution < -0.4 is 5.73 Å². The average molecular weight is 244 g/mol. The molecule has 94 valence electrons. The second-order valence-corrected chi connectivity index (χ2v) is 4.51. The SMILES string of the molecule is Cc1cc(C(N)CCc2ccncc2)ccc1F. The lowest BCUT2D eigenvalue weighted by atomic mass is 9.99. The monoisotopic (exact) mass is 244 g/mol. The molecule has 2 aromatic rings. The van der Waals surface area contributed by atoms with Crippen molar-refractivity contribution in [2.45, 2.75) is 25.8 Å². The summed E-state index contributed by atoms with van der Waals surface area (Å²) in [5.41, 5.74) is 8.98. The molecule has 1 unspecified atom stereocenters. The van der Waals surface area contributed by atoms with Gasteiger partial charge in [0, 0.05) is 18.4 Å². The van der Waals surface area contributed by atoms with Gasteiger partial charge in [-0.3, -0.25) is 4.98 Å². The molecule has 0 saturated carbocycles. The highest BCUT2D eigenvalue weighted by molar-refractivity contribution is 5.26. The van der Waals surface area contributed by atoms with Gasteiger partial charge in [0.1, 0.15) is 5.82 Å². The van der Waals surface area contributed by atoms with Gasteiger partial charge >= 0.3 is 0 Å². The van der Waals surface area contributed by atoms with E-state index in [1.807, 2.05) is 18.2 Å². The van der Waals surface area contributed by atoms with Crippen molar-refractivity contribution in [3.63, 3.8) is 0 Å². The highest BCUT2D eigenvalue weighted by Crippen LogP contribution is 2.19. The molecule has 0 radical (unpaired) electrons. The quantitative estimate of drug-likeness (QED) is 0.897. The largest absolute Gasteiger partial charge is 0.324 e. The van der Waals surface area contributed by atoms with Crippen molar-refractivity contribution >= 4 is 0 Å². The van der Waals surface area contributed by atoms with Crippen molar-refractivity contribution in [3.05, 3.63) is 65.2 Å². The van der Waals surface area contributed by atoms with Crippen LogP contribution in [0.5, 0.6) is 0 Å². The summed E-state index contributed by atoms with van der Waals surface area (Å²) in [7, 11) is 0. The highest BCUT2D eigenvalue weighted by atomic mass is 19.1. The molecule has 1 heterocycles. The summed E-state index contributed by atoms with van der Waals surface area (Å²) >= 11 is 0. The van der Waals surface area contributed by atoms with E-state index < -0.39 is 0 Å². The van der Waals surface area contributed by atoms with Gasteiger partial charge in [-0.2, -0.15) is 0 Å². The third kappa shape index (κ3) is 3.14. The number of rotatable bonds is 4. The van der Waals surface area contributed by atoms with Crippen LogP contribution in [0.25, 0.3) is 0 Å². The molecule has 0 aliphatic carbocycles. The maximum atomic E-state index is 13.2. The Balaban J connectivity index is 1.99. The lowest BCUT2D eigenvalue weighted by Crippen LogP contribution is -2.11. The van der Waals surface area contributed by atoms with E-state index in [-0.39, 0.29) is 11.9 Å². The Bertz CT molecular complexity index is 511. The minimum absolute atomic E-state index is 0.0579. The van der Waals surface area contributed by atoms with E-state index in [0.29, 0.717) is 5.56 Å². The number of pyridine rings is 1. The van der Waals surface area contributed by atoms with E-state index in [0.717, 1.165) is 18.4 Å². The average Bonchev–Trinajstić information content (AvgIpc) is 2.40. The maximum Gasteiger partial charge on any atom is 0.126 e. The fraction of sp³-hybridized carbons (Fsp3) is 0.267. The number of benzene rings is 1. The summed E-state index contributed by atoms with van der Waals surface area (Å²) < 4.78 is 13.2. The molecule has 2 rings (SSSR count). The second-order valence-electron chi connectivity index (χ2n) is 4.51. The number of nitrogens with zero attached hydrogens (tertiary/aromatic N) is 1. The topological polar surface area (TPSA) is 38.9 Å². The van der Waals surface area contributed by atoms with Crippen LogP contribution in [0.3, 0.4) is 0 Å². The van der Waals surface area contributed by atoms with Gasteiger partial charge in [0.15, 0.2) is 0 Å². The van der Waals surface area contributed by atoms with Crippen LogP contribution in [0.4, 0.5) is 4.39 Å². The van der Waals surface area contributed by atoms with Crippen molar-refractivity contribution in [3.8, 4) is 0 Å². The van der Waals surface area contributed by atoms with E-state index in [2.05, 4.69) is 4.98 Å². The molecule has 0 amide bonds. The summed E-state index contributed by atoms with van der Waals surface area (Å²) in [6, 6.07) is 8.99. The lowest BCUT2D eigenvalue weighted by Gasteiger charge is -2.13. The summed E-state index contributed by atoms with van der Waals surface area (Å²) in [5, 5.41) is 0. The zero-order chi connectivity index (χ0) is 13.0. The Morgan fingerprint density at radius 3 is 2.61 bits per heavy atom. The molecular weight excluding hydrogens is 227 g/mol. The Kier molecular flexibility index (Phi) is 4.05. The zero-order valence-electron chi connectivity index (χ0n) is 10.4. The minimum Gasteiger partial charge on any atom is -0.324 e. The van der Waals surface area contributed by atoms with Crippen LogP contribution >= 0.6 is 0 Å². The Labute approximate surface area is 107 Å². The van der Waals surface area contributed by atoms with Gasteiger partial charge in [-0.1, -0.05) is 12.1 Å². The van der Waals surface area contributed by atoms with E-state index in [9.17, 15) is 4.39 Å². The van der Waals surface area contributed by atoms with Crippen molar-refractivity contribution in [1.82, 2.24) is 4.98 Å². The molecule has 18 heavy (non-hydrogen) atoms.